The molecule has 1 unspecified atom stereocenters. The van der Waals surface area contributed by atoms with E-state index >= 15 is 0 Å². The number of halogens is 2. The topological polar surface area (TPSA) is 0 Å². The van der Waals surface area contributed by atoms with Gasteiger partial charge in [-0.1, -0.05) is 0 Å². The third kappa shape index (κ3) is 5.46. The Hall–Kier alpha value is -2.31. The van der Waals surface area contributed by atoms with E-state index in [1.807, 2.05) is 0 Å². The Morgan fingerprint density at radius 1 is 0.725 bits per heavy atom. The van der Waals surface area contributed by atoms with Crippen molar-refractivity contribution in [2.24, 2.45) is 0 Å². The van der Waals surface area contributed by atoms with Crippen LogP contribution >= 0.6 is 0 Å². The van der Waals surface area contributed by atoms with Gasteiger partial charge in [0.05, 0.1) is 0 Å². The standard InChI is InChI=1S/C24H25.C13H10.2ClH.Zr/c1-4-16-12-9-13-19-15-22-21(23(16)19)14-17(5-2)20(6-3)24(22)18-10-7-8-11-18;1-3-7-12(8-4-1)11-13-9-5-2-6-10-13;;;/h7-10,12-15H,4-6,11H2,1-3H3;1-10H;2*1H;/q;;;;+2/p-2. The zero-order valence-electron chi connectivity index (χ0n) is 23.5. The van der Waals surface area contributed by atoms with E-state index in [2.05, 4.69) is 124 Å². The molecular formula is C37H35Cl2Zr. The SMILES string of the molecule is CCc1cc2c(c(C3=CC=CC3)c1CC)[CH]([Zr+2]=[C](c1ccccc1)c1ccccc1)c1cccc(CC)c1-2.[Cl-].[Cl-]. The Labute approximate surface area is 263 Å². The Balaban J connectivity index is 0.00000185. The van der Waals surface area contributed by atoms with Gasteiger partial charge in [-0.15, -0.1) is 0 Å². The predicted molar refractivity (Wildman–Crippen MR) is 160 cm³/mol. The molecule has 0 radical (unpaired) electrons. The molecule has 0 heterocycles. The molecule has 0 nitrogen and oxygen atoms in total. The molecule has 3 heteroatoms. The third-order valence-electron chi connectivity index (χ3n) is 8.24. The van der Waals surface area contributed by atoms with Crippen LogP contribution in [0.1, 0.15) is 75.3 Å². The molecule has 0 amide bonds. The number of rotatable bonds is 7. The van der Waals surface area contributed by atoms with Crippen molar-refractivity contribution in [3.63, 3.8) is 0 Å². The summed E-state index contributed by atoms with van der Waals surface area (Å²) in [5.41, 5.74) is 16.8. The second-order valence-corrected chi connectivity index (χ2v) is 13.7. The van der Waals surface area contributed by atoms with E-state index in [0.717, 1.165) is 25.7 Å². The smallest absolute Gasteiger partial charge is 1.00 e. The first-order chi connectivity index (χ1) is 18.7. The number of fused-ring (bicyclic) bond motifs is 3. The fourth-order valence-electron chi connectivity index (χ4n) is 6.50. The Kier molecular flexibility index (Phi) is 10.4. The summed E-state index contributed by atoms with van der Waals surface area (Å²) in [6, 6.07) is 32.1. The second kappa shape index (κ2) is 13.6. The normalized spacial score (nSPS) is 14.4. The molecule has 2 aliphatic carbocycles. The first-order valence-electron chi connectivity index (χ1n) is 14.2. The van der Waals surface area contributed by atoms with Gasteiger partial charge in [-0.25, -0.2) is 0 Å². The Morgan fingerprint density at radius 2 is 1.38 bits per heavy atom. The van der Waals surface area contributed by atoms with Gasteiger partial charge in [0.2, 0.25) is 0 Å². The van der Waals surface area contributed by atoms with Crippen LogP contribution in [0.3, 0.4) is 0 Å². The maximum absolute atomic E-state index is 2.59. The van der Waals surface area contributed by atoms with Gasteiger partial charge in [0, 0.05) is 0 Å². The zero-order valence-corrected chi connectivity index (χ0v) is 27.4. The van der Waals surface area contributed by atoms with Crippen LogP contribution in [0.15, 0.2) is 103 Å². The van der Waals surface area contributed by atoms with E-state index in [0.29, 0.717) is 3.63 Å². The maximum atomic E-state index is 2.59. The van der Waals surface area contributed by atoms with E-state index in [1.165, 1.54) is 33.4 Å². The molecule has 4 aromatic carbocycles. The average Bonchev–Trinajstić information content (AvgIpc) is 3.62. The van der Waals surface area contributed by atoms with Crippen molar-refractivity contribution in [1.29, 1.82) is 0 Å². The number of benzene rings is 4. The summed E-state index contributed by atoms with van der Waals surface area (Å²) in [6.07, 6.45) is 11.3. The van der Waals surface area contributed by atoms with Crippen molar-refractivity contribution in [2.75, 3.05) is 0 Å². The fourth-order valence-corrected chi connectivity index (χ4v) is 10.9. The minimum Gasteiger partial charge on any atom is -1.00 e. The molecule has 0 aliphatic heterocycles. The Bertz CT molecular complexity index is 1540. The number of hydrogen-bond donors (Lipinski definition) is 0. The number of hydrogen-bond acceptors (Lipinski definition) is 0. The molecule has 201 valence electrons. The summed E-state index contributed by atoms with van der Waals surface area (Å²) in [7, 11) is 0. The molecule has 0 saturated carbocycles. The third-order valence-corrected chi connectivity index (χ3v) is 12.6. The van der Waals surface area contributed by atoms with Gasteiger partial charge in [-0.05, 0) is 0 Å². The molecule has 0 bridgehead atoms. The predicted octanol–water partition coefficient (Wildman–Crippen LogP) is 3.15. The van der Waals surface area contributed by atoms with E-state index in [4.69, 9.17) is 0 Å². The fraction of sp³-hybridized carbons (Fsp3) is 0.216. The first kappa shape index (κ1) is 30.6. The largest absolute Gasteiger partial charge is 1.00 e. The molecule has 0 saturated heterocycles. The minimum atomic E-state index is -1.15. The van der Waals surface area contributed by atoms with Gasteiger partial charge in [0.1, 0.15) is 0 Å². The van der Waals surface area contributed by atoms with E-state index in [9.17, 15) is 0 Å². The van der Waals surface area contributed by atoms with Crippen molar-refractivity contribution >= 4 is 8.78 Å². The molecule has 4 aromatic rings. The molecule has 1 atom stereocenters. The van der Waals surface area contributed by atoms with Gasteiger partial charge >= 0.3 is 240 Å². The van der Waals surface area contributed by atoms with Crippen LogP contribution in [0, 0.1) is 0 Å². The van der Waals surface area contributed by atoms with Crippen LogP contribution < -0.4 is 24.8 Å². The monoisotopic (exact) mass is 639 g/mol. The molecule has 40 heavy (non-hydrogen) atoms. The van der Waals surface area contributed by atoms with Crippen molar-refractivity contribution < 1.29 is 47.6 Å². The molecule has 0 N–H and O–H groups in total. The van der Waals surface area contributed by atoms with Crippen molar-refractivity contribution in [3.8, 4) is 11.1 Å². The van der Waals surface area contributed by atoms with E-state index < -0.39 is 22.8 Å². The Morgan fingerprint density at radius 3 is 1.93 bits per heavy atom. The van der Waals surface area contributed by atoms with Gasteiger partial charge in [-0.2, -0.15) is 0 Å². The van der Waals surface area contributed by atoms with Crippen molar-refractivity contribution in [3.05, 3.63) is 148 Å². The average molecular weight is 642 g/mol. The summed E-state index contributed by atoms with van der Waals surface area (Å²) >= 11 is -1.15. The maximum Gasteiger partial charge on any atom is -1.00 e. The summed E-state index contributed by atoms with van der Waals surface area (Å²) in [5.74, 6) is 0. The molecule has 0 fully saturated rings. The van der Waals surface area contributed by atoms with Crippen LogP contribution in [0.2, 0.25) is 0 Å². The minimum absolute atomic E-state index is 0. The summed E-state index contributed by atoms with van der Waals surface area (Å²) < 4.78 is 2.10. The van der Waals surface area contributed by atoms with E-state index in [1.54, 1.807) is 31.0 Å². The summed E-state index contributed by atoms with van der Waals surface area (Å²) in [6.45, 7) is 7.01. The zero-order chi connectivity index (χ0) is 26.1. The van der Waals surface area contributed by atoms with Gasteiger partial charge in [0.25, 0.3) is 0 Å². The quantitative estimate of drug-likeness (QED) is 0.291. The van der Waals surface area contributed by atoms with Gasteiger partial charge < -0.3 is 24.8 Å². The molecular weight excluding hydrogens is 607 g/mol. The summed E-state index contributed by atoms with van der Waals surface area (Å²) in [4.78, 5) is 0. The molecule has 0 aromatic heterocycles. The van der Waals surface area contributed by atoms with Gasteiger partial charge in [0.15, 0.2) is 0 Å². The summed E-state index contributed by atoms with van der Waals surface area (Å²) in [5, 5.41) is 0. The van der Waals surface area contributed by atoms with Crippen molar-refractivity contribution in [1.82, 2.24) is 0 Å². The van der Waals surface area contributed by atoms with Crippen molar-refractivity contribution in [2.45, 2.75) is 50.1 Å². The van der Waals surface area contributed by atoms with E-state index in [-0.39, 0.29) is 24.8 Å². The van der Waals surface area contributed by atoms with Gasteiger partial charge in [-0.3, -0.25) is 0 Å². The molecule has 0 spiro atoms. The second-order valence-electron chi connectivity index (χ2n) is 10.3. The van der Waals surface area contributed by atoms with Crippen LogP contribution in [0.5, 0.6) is 0 Å². The molecule has 6 rings (SSSR count). The number of allylic oxidation sites excluding steroid dienone is 4. The number of aryl methyl sites for hydroxylation is 2. The van der Waals surface area contributed by atoms with Crippen LogP contribution in [0.4, 0.5) is 0 Å². The van der Waals surface area contributed by atoms with Crippen LogP contribution in [-0.2, 0) is 42.0 Å². The molecule has 2 aliphatic rings. The first-order valence-corrected chi connectivity index (χ1v) is 16.8. The van der Waals surface area contributed by atoms with Crippen LogP contribution in [0.25, 0.3) is 16.7 Å². The van der Waals surface area contributed by atoms with Crippen LogP contribution in [-0.4, -0.2) is 3.21 Å².